The average Bonchev–Trinajstić information content (AvgIpc) is 2.30. The standard InChI is InChI=1S/C14H22N2/c1-12-4-2-5-13(10-12)7-9-16-14-6-3-8-15-11-14/h2,4-5,10,14-16H,3,6-9,11H2,1H3. The largest absolute Gasteiger partial charge is 0.315 e. The zero-order valence-corrected chi connectivity index (χ0v) is 10.1. The van der Waals surface area contributed by atoms with E-state index in [2.05, 4.69) is 41.8 Å². The average molecular weight is 218 g/mol. The second-order valence-electron chi connectivity index (χ2n) is 4.74. The first-order valence-electron chi connectivity index (χ1n) is 6.34. The fourth-order valence-electron chi connectivity index (χ4n) is 2.31. The summed E-state index contributed by atoms with van der Waals surface area (Å²) in [6.07, 6.45) is 3.76. The molecule has 1 atom stereocenters. The van der Waals surface area contributed by atoms with Gasteiger partial charge in [-0.1, -0.05) is 29.8 Å². The van der Waals surface area contributed by atoms with Crippen LogP contribution in [0.1, 0.15) is 24.0 Å². The molecule has 2 rings (SSSR count). The molecule has 1 fully saturated rings. The molecule has 0 radical (unpaired) electrons. The lowest BCUT2D eigenvalue weighted by atomic mass is 10.1. The monoisotopic (exact) mass is 218 g/mol. The van der Waals surface area contributed by atoms with Crippen LogP contribution in [0.5, 0.6) is 0 Å². The second kappa shape index (κ2) is 6.02. The molecule has 88 valence electrons. The van der Waals surface area contributed by atoms with Crippen molar-refractivity contribution in [2.24, 2.45) is 0 Å². The molecule has 2 nitrogen and oxygen atoms in total. The topological polar surface area (TPSA) is 24.1 Å². The third-order valence-electron chi connectivity index (χ3n) is 3.23. The van der Waals surface area contributed by atoms with Gasteiger partial charge in [0.1, 0.15) is 0 Å². The summed E-state index contributed by atoms with van der Waals surface area (Å²) in [6.45, 7) is 5.57. The Morgan fingerprint density at radius 2 is 2.38 bits per heavy atom. The second-order valence-corrected chi connectivity index (χ2v) is 4.74. The normalized spacial score (nSPS) is 20.9. The summed E-state index contributed by atoms with van der Waals surface area (Å²) in [6, 6.07) is 9.47. The van der Waals surface area contributed by atoms with E-state index in [1.807, 2.05) is 0 Å². The molecule has 16 heavy (non-hydrogen) atoms. The van der Waals surface area contributed by atoms with Crippen molar-refractivity contribution >= 4 is 0 Å². The van der Waals surface area contributed by atoms with Crippen LogP contribution in [0.4, 0.5) is 0 Å². The summed E-state index contributed by atoms with van der Waals surface area (Å²) < 4.78 is 0. The van der Waals surface area contributed by atoms with E-state index in [0.717, 1.165) is 19.5 Å². The highest BCUT2D eigenvalue weighted by Gasteiger charge is 2.11. The molecule has 1 aromatic rings. The molecular weight excluding hydrogens is 196 g/mol. The van der Waals surface area contributed by atoms with Gasteiger partial charge in [0.05, 0.1) is 0 Å². The minimum Gasteiger partial charge on any atom is -0.315 e. The van der Waals surface area contributed by atoms with Gasteiger partial charge in [-0.15, -0.1) is 0 Å². The van der Waals surface area contributed by atoms with Crippen molar-refractivity contribution in [2.45, 2.75) is 32.2 Å². The zero-order valence-electron chi connectivity index (χ0n) is 10.1. The lowest BCUT2D eigenvalue weighted by Crippen LogP contribution is -2.43. The van der Waals surface area contributed by atoms with Crippen LogP contribution in [0, 0.1) is 6.92 Å². The number of nitrogens with one attached hydrogen (secondary N) is 2. The fraction of sp³-hybridized carbons (Fsp3) is 0.571. The Balaban J connectivity index is 1.71. The van der Waals surface area contributed by atoms with Gasteiger partial charge >= 0.3 is 0 Å². The van der Waals surface area contributed by atoms with E-state index in [9.17, 15) is 0 Å². The SMILES string of the molecule is Cc1cccc(CCNC2CCCNC2)c1. The quantitative estimate of drug-likeness (QED) is 0.806. The highest BCUT2D eigenvalue weighted by Crippen LogP contribution is 2.05. The number of hydrogen-bond donors (Lipinski definition) is 2. The Morgan fingerprint density at radius 3 is 3.12 bits per heavy atom. The number of benzene rings is 1. The maximum absolute atomic E-state index is 3.63. The third kappa shape index (κ3) is 3.62. The molecule has 0 spiro atoms. The van der Waals surface area contributed by atoms with Crippen LogP contribution in [0.25, 0.3) is 0 Å². The molecule has 1 aliphatic heterocycles. The number of aryl methyl sites for hydroxylation is 1. The maximum Gasteiger partial charge on any atom is 0.0193 e. The highest BCUT2D eigenvalue weighted by atomic mass is 15.0. The minimum absolute atomic E-state index is 0.679. The maximum atomic E-state index is 3.63. The van der Waals surface area contributed by atoms with Crippen LogP contribution in [0.2, 0.25) is 0 Å². The van der Waals surface area contributed by atoms with Crippen molar-refractivity contribution in [1.29, 1.82) is 0 Å². The number of rotatable bonds is 4. The van der Waals surface area contributed by atoms with Gasteiger partial charge in [-0.2, -0.15) is 0 Å². The van der Waals surface area contributed by atoms with Crippen molar-refractivity contribution in [3.8, 4) is 0 Å². The Bertz CT molecular complexity index is 316. The lowest BCUT2D eigenvalue weighted by Gasteiger charge is -2.23. The predicted molar refractivity (Wildman–Crippen MR) is 68.8 cm³/mol. The Morgan fingerprint density at radius 1 is 1.44 bits per heavy atom. The predicted octanol–water partition coefficient (Wildman–Crippen LogP) is 1.88. The van der Waals surface area contributed by atoms with Crippen molar-refractivity contribution in [2.75, 3.05) is 19.6 Å². The van der Waals surface area contributed by atoms with E-state index in [1.54, 1.807) is 0 Å². The molecule has 1 aromatic carbocycles. The van der Waals surface area contributed by atoms with E-state index in [1.165, 1.54) is 30.5 Å². The zero-order chi connectivity index (χ0) is 11.2. The molecule has 1 unspecified atom stereocenters. The Hall–Kier alpha value is -0.860. The van der Waals surface area contributed by atoms with Crippen LogP contribution < -0.4 is 10.6 Å². The van der Waals surface area contributed by atoms with Crippen LogP contribution >= 0.6 is 0 Å². The Labute approximate surface area is 98.4 Å². The molecule has 1 heterocycles. The summed E-state index contributed by atoms with van der Waals surface area (Å²) in [4.78, 5) is 0. The van der Waals surface area contributed by atoms with E-state index < -0.39 is 0 Å². The van der Waals surface area contributed by atoms with Crippen LogP contribution in [0.15, 0.2) is 24.3 Å². The molecule has 1 saturated heterocycles. The minimum atomic E-state index is 0.679. The van der Waals surface area contributed by atoms with Crippen molar-refractivity contribution in [3.05, 3.63) is 35.4 Å². The van der Waals surface area contributed by atoms with Gasteiger partial charge in [0, 0.05) is 12.6 Å². The van der Waals surface area contributed by atoms with Gasteiger partial charge < -0.3 is 10.6 Å². The molecule has 0 bridgehead atoms. The molecule has 2 heteroatoms. The summed E-state index contributed by atoms with van der Waals surface area (Å²) in [5.74, 6) is 0. The molecule has 2 N–H and O–H groups in total. The molecule has 1 aliphatic rings. The first-order chi connectivity index (χ1) is 7.84. The van der Waals surface area contributed by atoms with E-state index >= 15 is 0 Å². The first-order valence-corrected chi connectivity index (χ1v) is 6.34. The van der Waals surface area contributed by atoms with Gasteiger partial charge in [0.25, 0.3) is 0 Å². The lowest BCUT2D eigenvalue weighted by molar-refractivity contribution is 0.392. The van der Waals surface area contributed by atoms with E-state index in [-0.39, 0.29) is 0 Å². The van der Waals surface area contributed by atoms with Gasteiger partial charge in [0.2, 0.25) is 0 Å². The molecule has 0 amide bonds. The van der Waals surface area contributed by atoms with Crippen molar-refractivity contribution in [3.63, 3.8) is 0 Å². The molecule has 0 aromatic heterocycles. The summed E-state index contributed by atoms with van der Waals surface area (Å²) in [7, 11) is 0. The Kier molecular flexibility index (Phi) is 4.37. The van der Waals surface area contributed by atoms with Gasteiger partial charge in [0.15, 0.2) is 0 Å². The van der Waals surface area contributed by atoms with E-state index in [4.69, 9.17) is 0 Å². The summed E-state index contributed by atoms with van der Waals surface area (Å²) in [5, 5.41) is 7.06. The number of piperidine rings is 1. The van der Waals surface area contributed by atoms with Crippen molar-refractivity contribution < 1.29 is 0 Å². The van der Waals surface area contributed by atoms with Gasteiger partial charge in [-0.3, -0.25) is 0 Å². The first kappa shape index (κ1) is 11.6. The van der Waals surface area contributed by atoms with E-state index in [0.29, 0.717) is 6.04 Å². The summed E-state index contributed by atoms with van der Waals surface area (Å²) >= 11 is 0. The van der Waals surface area contributed by atoms with Gasteiger partial charge in [-0.25, -0.2) is 0 Å². The smallest absolute Gasteiger partial charge is 0.0193 e. The number of hydrogen-bond acceptors (Lipinski definition) is 2. The molecule has 0 aliphatic carbocycles. The van der Waals surface area contributed by atoms with Crippen LogP contribution in [-0.4, -0.2) is 25.7 Å². The van der Waals surface area contributed by atoms with Crippen LogP contribution in [0.3, 0.4) is 0 Å². The van der Waals surface area contributed by atoms with Crippen molar-refractivity contribution in [1.82, 2.24) is 10.6 Å². The van der Waals surface area contributed by atoms with Gasteiger partial charge in [-0.05, 0) is 44.8 Å². The molecular formula is C14H22N2. The highest BCUT2D eigenvalue weighted by molar-refractivity contribution is 5.22. The molecule has 0 saturated carbocycles. The summed E-state index contributed by atoms with van der Waals surface area (Å²) in [5.41, 5.74) is 2.80. The third-order valence-corrected chi connectivity index (χ3v) is 3.23. The fourth-order valence-corrected chi connectivity index (χ4v) is 2.31. The van der Waals surface area contributed by atoms with Crippen LogP contribution in [-0.2, 0) is 6.42 Å².